The number of aromatic hydroxyl groups is 1. The van der Waals surface area contributed by atoms with Crippen LogP contribution in [0, 0.1) is 0 Å². The third kappa shape index (κ3) is 5.71. The van der Waals surface area contributed by atoms with Crippen LogP contribution in [0.25, 0.3) is 0 Å². The second kappa shape index (κ2) is 9.51. The van der Waals surface area contributed by atoms with Crippen LogP contribution in [0.4, 0.5) is 0 Å². The highest BCUT2D eigenvalue weighted by molar-refractivity contribution is 5.69. The molecule has 1 aromatic carbocycles. The lowest BCUT2D eigenvalue weighted by atomic mass is 9.99. The molecule has 0 aliphatic rings. The van der Waals surface area contributed by atoms with E-state index in [2.05, 4.69) is 11.7 Å². The Morgan fingerprint density at radius 3 is 2.44 bits per heavy atom. The van der Waals surface area contributed by atoms with Gasteiger partial charge in [-0.15, -0.1) is 0 Å². The first-order chi connectivity index (χ1) is 8.67. The van der Waals surface area contributed by atoms with E-state index < -0.39 is 0 Å². The molecule has 102 valence electrons. The molecule has 1 N–H and O–H groups in total. The van der Waals surface area contributed by atoms with Gasteiger partial charge >= 0.3 is 5.97 Å². The zero-order valence-corrected chi connectivity index (χ0v) is 11.8. The molecule has 0 fully saturated rings. The topological polar surface area (TPSA) is 46.5 Å². The van der Waals surface area contributed by atoms with Gasteiger partial charge in [-0.25, -0.2) is 0 Å². The smallest absolute Gasteiger partial charge is 0.305 e. The van der Waals surface area contributed by atoms with E-state index in [0.29, 0.717) is 12.8 Å². The van der Waals surface area contributed by atoms with E-state index in [4.69, 9.17) is 0 Å². The maximum Gasteiger partial charge on any atom is 0.305 e. The maximum atomic E-state index is 11.0. The number of rotatable bonds is 5. The number of aryl methyl sites for hydroxylation is 2. The monoisotopic (exact) mass is 252 g/mol. The van der Waals surface area contributed by atoms with E-state index in [-0.39, 0.29) is 11.7 Å². The summed E-state index contributed by atoms with van der Waals surface area (Å²) in [6.07, 6.45) is 3.00. The Balaban J connectivity index is 0.00000137. The van der Waals surface area contributed by atoms with Gasteiger partial charge in [0.05, 0.1) is 7.11 Å². The zero-order chi connectivity index (χ0) is 14.0. The largest absolute Gasteiger partial charge is 0.508 e. The number of phenolic OH excluding ortho intramolecular Hbond substituents is 1. The number of hydrogen-bond donors (Lipinski definition) is 1. The summed E-state index contributed by atoms with van der Waals surface area (Å²) in [5.74, 6) is 0.0841. The predicted molar refractivity (Wildman–Crippen MR) is 73.8 cm³/mol. The third-order valence-electron chi connectivity index (χ3n) is 2.54. The molecular weight excluding hydrogens is 228 g/mol. The number of phenols is 1. The van der Waals surface area contributed by atoms with Crippen molar-refractivity contribution in [1.82, 2.24) is 0 Å². The van der Waals surface area contributed by atoms with Crippen LogP contribution in [0.15, 0.2) is 18.2 Å². The molecule has 0 heterocycles. The Bertz CT molecular complexity index is 359. The number of esters is 1. The van der Waals surface area contributed by atoms with Gasteiger partial charge < -0.3 is 9.84 Å². The van der Waals surface area contributed by atoms with Crippen LogP contribution in [0.2, 0.25) is 0 Å². The Kier molecular flexibility index (Phi) is 8.71. The lowest BCUT2D eigenvalue weighted by Crippen LogP contribution is -2.03. The SMILES string of the molecule is CC.CCCc1cc(O)ccc1CCC(=O)OC. The van der Waals surface area contributed by atoms with Gasteiger partial charge in [-0.05, 0) is 36.1 Å². The molecule has 1 rings (SSSR count). The maximum absolute atomic E-state index is 11.0. The molecule has 0 atom stereocenters. The van der Waals surface area contributed by atoms with Gasteiger partial charge in [0.1, 0.15) is 5.75 Å². The molecule has 1 aromatic rings. The average molecular weight is 252 g/mol. The van der Waals surface area contributed by atoms with Crippen molar-refractivity contribution in [2.24, 2.45) is 0 Å². The zero-order valence-electron chi connectivity index (χ0n) is 11.8. The van der Waals surface area contributed by atoms with E-state index in [9.17, 15) is 9.90 Å². The van der Waals surface area contributed by atoms with E-state index in [1.165, 1.54) is 7.11 Å². The quantitative estimate of drug-likeness (QED) is 0.816. The van der Waals surface area contributed by atoms with Crippen molar-refractivity contribution in [3.8, 4) is 5.75 Å². The Morgan fingerprint density at radius 2 is 1.89 bits per heavy atom. The van der Waals surface area contributed by atoms with Gasteiger partial charge in [0.25, 0.3) is 0 Å². The van der Waals surface area contributed by atoms with Gasteiger partial charge in [-0.1, -0.05) is 33.3 Å². The number of ether oxygens (including phenoxy) is 1. The fourth-order valence-electron chi connectivity index (χ4n) is 1.70. The second-order valence-electron chi connectivity index (χ2n) is 3.78. The molecule has 0 radical (unpaired) electrons. The highest BCUT2D eigenvalue weighted by atomic mass is 16.5. The molecule has 0 amide bonds. The van der Waals surface area contributed by atoms with Crippen LogP contribution in [0.5, 0.6) is 5.75 Å². The standard InChI is InChI=1S/C13H18O3.C2H6/c1-3-4-11-9-12(14)7-5-10(11)6-8-13(15)16-2;1-2/h5,7,9,14H,3-4,6,8H2,1-2H3;1-2H3. The molecule has 0 aliphatic carbocycles. The molecule has 0 bridgehead atoms. The van der Waals surface area contributed by atoms with Crippen molar-refractivity contribution in [3.05, 3.63) is 29.3 Å². The number of methoxy groups -OCH3 is 1. The summed E-state index contributed by atoms with van der Waals surface area (Å²) < 4.78 is 4.61. The molecule has 0 aliphatic heterocycles. The van der Waals surface area contributed by atoms with Gasteiger partial charge in [-0.3, -0.25) is 4.79 Å². The Morgan fingerprint density at radius 1 is 1.22 bits per heavy atom. The first-order valence-electron chi connectivity index (χ1n) is 6.55. The summed E-state index contributed by atoms with van der Waals surface area (Å²) in [6, 6.07) is 5.31. The van der Waals surface area contributed by atoms with Crippen LogP contribution in [0.3, 0.4) is 0 Å². The Labute approximate surface area is 110 Å². The first-order valence-corrected chi connectivity index (χ1v) is 6.55. The fraction of sp³-hybridized carbons (Fsp3) is 0.533. The molecule has 3 heteroatoms. The van der Waals surface area contributed by atoms with Crippen LogP contribution < -0.4 is 0 Å². The molecule has 0 spiro atoms. The second-order valence-corrected chi connectivity index (χ2v) is 3.78. The van der Waals surface area contributed by atoms with E-state index in [1.54, 1.807) is 12.1 Å². The van der Waals surface area contributed by atoms with Gasteiger partial charge in [0.2, 0.25) is 0 Å². The van der Waals surface area contributed by atoms with E-state index >= 15 is 0 Å². The minimum Gasteiger partial charge on any atom is -0.508 e. The fourth-order valence-corrected chi connectivity index (χ4v) is 1.70. The lowest BCUT2D eigenvalue weighted by Gasteiger charge is -2.08. The lowest BCUT2D eigenvalue weighted by molar-refractivity contribution is -0.140. The summed E-state index contributed by atoms with van der Waals surface area (Å²) in [7, 11) is 1.39. The van der Waals surface area contributed by atoms with Crippen molar-refractivity contribution in [3.63, 3.8) is 0 Å². The highest BCUT2D eigenvalue weighted by Crippen LogP contribution is 2.19. The summed E-state index contributed by atoms with van der Waals surface area (Å²) in [6.45, 7) is 6.09. The molecule has 0 unspecified atom stereocenters. The molecule has 0 saturated carbocycles. The van der Waals surface area contributed by atoms with Gasteiger partial charge in [-0.2, -0.15) is 0 Å². The summed E-state index contributed by atoms with van der Waals surface area (Å²) in [4.78, 5) is 11.0. The normalized spacial score (nSPS) is 9.33. The summed E-state index contributed by atoms with van der Waals surface area (Å²) in [5, 5.41) is 9.40. The van der Waals surface area contributed by atoms with E-state index in [1.807, 2.05) is 19.9 Å². The van der Waals surface area contributed by atoms with Crippen molar-refractivity contribution in [1.29, 1.82) is 0 Å². The van der Waals surface area contributed by atoms with E-state index in [0.717, 1.165) is 24.0 Å². The van der Waals surface area contributed by atoms with Crippen LogP contribution in [-0.2, 0) is 22.4 Å². The summed E-state index contributed by atoms with van der Waals surface area (Å²) >= 11 is 0. The number of hydrogen-bond acceptors (Lipinski definition) is 3. The Hall–Kier alpha value is -1.51. The third-order valence-corrected chi connectivity index (χ3v) is 2.54. The van der Waals surface area contributed by atoms with Crippen LogP contribution in [0.1, 0.15) is 44.7 Å². The van der Waals surface area contributed by atoms with Crippen LogP contribution >= 0.6 is 0 Å². The number of benzene rings is 1. The predicted octanol–water partition coefficient (Wildman–Crippen LogP) is 3.48. The van der Waals surface area contributed by atoms with Crippen LogP contribution in [-0.4, -0.2) is 18.2 Å². The van der Waals surface area contributed by atoms with Gasteiger partial charge in [0, 0.05) is 6.42 Å². The average Bonchev–Trinajstić information content (AvgIpc) is 2.40. The minimum absolute atomic E-state index is 0.199. The van der Waals surface area contributed by atoms with Crippen molar-refractivity contribution < 1.29 is 14.6 Å². The highest BCUT2D eigenvalue weighted by Gasteiger charge is 2.06. The summed E-state index contributed by atoms with van der Waals surface area (Å²) in [5.41, 5.74) is 2.23. The molecule has 3 nitrogen and oxygen atoms in total. The molecule has 0 saturated heterocycles. The van der Waals surface area contributed by atoms with Crippen molar-refractivity contribution >= 4 is 5.97 Å². The minimum atomic E-state index is -0.199. The first kappa shape index (κ1) is 16.5. The molecular formula is C15H24O3. The van der Waals surface area contributed by atoms with Crippen molar-refractivity contribution in [2.75, 3.05) is 7.11 Å². The van der Waals surface area contributed by atoms with Gasteiger partial charge in [0.15, 0.2) is 0 Å². The molecule has 18 heavy (non-hydrogen) atoms. The number of carbonyl (C=O) groups excluding carboxylic acids is 1. The number of carbonyl (C=O) groups is 1. The molecule has 0 aromatic heterocycles. The van der Waals surface area contributed by atoms with Crippen molar-refractivity contribution in [2.45, 2.75) is 46.5 Å².